The van der Waals surface area contributed by atoms with Crippen LogP contribution in [0.3, 0.4) is 0 Å². The molecule has 2 aromatic rings. The lowest BCUT2D eigenvalue weighted by molar-refractivity contribution is 0.102. The van der Waals surface area contributed by atoms with Crippen molar-refractivity contribution in [2.75, 3.05) is 11.1 Å². The van der Waals surface area contributed by atoms with Crippen molar-refractivity contribution in [3.8, 4) is 0 Å². The number of nitrogen functional groups attached to an aromatic ring is 1. The van der Waals surface area contributed by atoms with Crippen LogP contribution in [0.5, 0.6) is 0 Å². The Bertz CT molecular complexity index is 686. The second-order valence-corrected chi connectivity index (χ2v) is 5.87. The van der Waals surface area contributed by atoms with E-state index in [0.717, 1.165) is 11.1 Å². The molecule has 1 amide bonds. The highest BCUT2D eigenvalue weighted by atomic mass is 79.9. The minimum atomic E-state index is -0.225. The first-order chi connectivity index (χ1) is 9.38. The molecular formula is C15H14BrClN2O. The molecule has 0 aliphatic rings. The van der Waals surface area contributed by atoms with Crippen LogP contribution in [0.4, 0.5) is 11.4 Å². The van der Waals surface area contributed by atoms with Gasteiger partial charge >= 0.3 is 0 Å². The Kier molecular flexibility index (Phi) is 4.35. The van der Waals surface area contributed by atoms with E-state index in [-0.39, 0.29) is 5.91 Å². The molecule has 3 N–H and O–H groups in total. The summed E-state index contributed by atoms with van der Waals surface area (Å²) in [5, 5.41) is 3.38. The summed E-state index contributed by atoms with van der Waals surface area (Å²) < 4.78 is 0.680. The fourth-order valence-corrected chi connectivity index (χ4v) is 2.27. The van der Waals surface area contributed by atoms with Crippen LogP contribution >= 0.6 is 27.5 Å². The summed E-state index contributed by atoms with van der Waals surface area (Å²) in [6.07, 6.45) is 0. The lowest BCUT2D eigenvalue weighted by atomic mass is 10.1. The molecule has 0 saturated heterocycles. The van der Waals surface area contributed by atoms with Crippen LogP contribution in [-0.4, -0.2) is 5.91 Å². The largest absolute Gasteiger partial charge is 0.397 e. The molecular weight excluding hydrogens is 340 g/mol. The monoisotopic (exact) mass is 352 g/mol. The molecule has 0 spiro atoms. The average molecular weight is 354 g/mol. The van der Waals surface area contributed by atoms with Gasteiger partial charge in [0.25, 0.3) is 5.91 Å². The van der Waals surface area contributed by atoms with Crippen molar-refractivity contribution in [3.63, 3.8) is 0 Å². The van der Waals surface area contributed by atoms with Gasteiger partial charge in [0, 0.05) is 10.0 Å². The minimum absolute atomic E-state index is 0.225. The third-order valence-electron chi connectivity index (χ3n) is 3.10. The summed E-state index contributed by atoms with van der Waals surface area (Å²) in [5.74, 6) is -0.225. The summed E-state index contributed by atoms with van der Waals surface area (Å²) in [4.78, 5) is 12.2. The number of nitrogens with two attached hydrogens (primary N) is 1. The average Bonchev–Trinajstić information content (AvgIpc) is 2.39. The molecule has 5 heteroatoms. The van der Waals surface area contributed by atoms with Gasteiger partial charge in [-0.05, 0) is 71.2 Å². The van der Waals surface area contributed by atoms with E-state index in [1.165, 1.54) is 0 Å². The number of halogens is 2. The van der Waals surface area contributed by atoms with Gasteiger partial charge in [-0.25, -0.2) is 0 Å². The van der Waals surface area contributed by atoms with Crippen molar-refractivity contribution in [2.24, 2.45) is 0 Å². The number of hydrogen-bond acceptors (Lipinski definition) is 2. The van der Waals surface area contributed by atoms with Gasteiger partial charge in [-0.1, -0.05) is 11.6 Å². The molecule has 0 radical (unpaired) electrons. The van der Waals surface area contributed by atoms with Gasteiger partial charge in [-0.15, -0.1) is 0 Å². The van der Waals surface area contributed by atoms with Crippen LogP contribution in [-0.2, 0) is 0 Å². The number of hydrogen-bond donors (Lipinski definition) is 2. The van der Waals surface area contributed by atoms with Gasteiger partial charge in [-0.2, -0.15) is 0 Å². The molecule has 0 aliphatic carbocycles. The number of amides is 1. The first-order valence-electron chi connectivity index (χ1n) is 6.01. The van der Waals surface area contributed by atoms with E-state index in [2.05, 4.69) is 21.2 Å². The van der Waals surface area contributed by atoms with Crippen LogP contribution < -0.4 is 11.1 Å². The van der Waals surface area contributed by atoms with E-state index in [0.29, 0.717) is 26.4 Å². The van der Waals surface area contributed by atoms with Crippen LogP contribution in [0.15, 0.2) is 34.8 Å². The van der Waals surface area contributed by atoms with E-state index in [1.54, 1.807) is 18.2 Å². The Morgan fingerprint density at radius 2 is 1.85 bits per heavy atom. The summed E-state index contributed by atoms with van der Waals surface area (Å²) in [6, 6.07) is 8.73. The molecule has 2 aromatic carbocycles. The minimum Gasteiger partial charge on any atom is -0.397 e. The van der Waals surface area contributed by atoms with Crippen molar-refractivity contribution in [3.05, 3.63) is 56.5 Å². The number of carbonyl (C=O) groups excluding carboxylic acids is 1. The molecule has 0 heterocycles. The molecule has 2 rings (SSSR count). The summed E-state index contributed by atoms with van der Waals surface area (Å²) in [6.45, 7) is 3.96. The maximum Gasteiger partial charge on any atom is 0.255 e. The Balaban J connectivity index is 2.27. The highest BCUT2D eigenvalue weighted by Gasteiger charge is 2.10. The van der Waals surface area contributed by atoms with E-state index in [1.807, 2.05) is 26.0 Å². The molecule has 3 nitrogen and oxygen atoms in total. The van der Waals surface area contributed by atoms with Crippen LogP contribution in [0.1, 0.15) is 21.5 Å². The summed E-state index contributed by atoms with van der Waals surface area (Å²) in [7, 11) is 0. The zero-order valence-corrected chi connectivity index (χ0v) is 13.5. The molecule has 104 valence electrons. The summed E-state index contributed by atoms with van der Waals surface area (Å²) >= 11 is 9.21. The smallest absolute Gasteiger partial charge is 0.255 e. The Morgan fingerprint density at radius 3 is 2.50 bits per heavy atom. The van der Waals surface area contributed by atoms with Crippen molar-refractivity contribution in [1.82, 2.24) is 0 Å². The normalized spacial score (nSPS) is 10.4. The molecule has 20 heavy (non-hydrogen) atoms. The molecule has 0 aliphatic heterocycles. The number of carbonyl (C=O) groups is 1. The van der Waals surface area contributed by atoms with Gasteiger partial charge in [0.2, 0.25) is 0 Å². The maximum atomic E-state index is 12.2. The van der Waals surface area contributed by atoms with Crippen molar-refractivity contribution in [1.29, 1.82) is 0 Å². The predicted octanol–water partition coefficient (Wildman–Crippen LogP) is 4.55. The topological polar surface area (TPSA) is 55.1 Å². The second kappa shape index (κ2) is 5.85. The van der Waals surface area contributed by atoms with Crippen LogP contribution in [0.25, 0.3) is 0 Å². The zero-order chi connectivity index (χ0) is 14.9. The molecule has 0 fully saturated rings. The lowest BCUT2D eigenvalue weighted by Crippen LogP contribution is -2.13. The van der Waals surface area contributed by atoms with Crippen molar-refractivity contribution in [2.45, 2.75) is 13.8 Å². The maximum absolute atomic E-state index is 12.2. The fraction of sp³-hybridized carbons (Fsp3) is 0.133. The molecule has 0 atom stereocenters. The van der Waals surface area contributed by atoms with Crippen molar-refractivity contribution < 1.29 is 4.79 Å². The third-order valence-corrected chi connectivity index (χ3v) is 4.31. The third kappa shape index (κ3) is 3.14. The fourth-order valence-electron chi connectivity index (χ4n) is 1.78. The van der Waals surface area contributed by atoms with E-state index < -0.39 is 0 Å². The standard InChI is InChI=1S/C15H14BrClN2O/c1-8-5-13(18)14(6-9(8)2)19-15(20)10-3-4-12(17)11(16)7-10/h3-7H,18H2,1-2H3,(H,19,20). The number of benzene rings is 2. The first-order valence-corrected chi connectivity index (χ1v) is 7.18. The Morgan fingerprint density at radius 1 is 1.20 bits per heavy atom. The molecule has 0 saturated carbocycles. The Labute approximate surface area is 131 Å². The predicted molar refractivity (Wildman–Crippen MR) is 87.4 cm³/mol. The number of aryl methyl sites for hydroxylation is 2. The van der Waals surface area contributed by atoms with E-state index >= 15 is 0 Å². The molecule has 0 aromatic heterocycles. The SMILES string of the molecule is Cc1cc(N)c(NC(=O)c2ccc(Cl)c(Br)c2)cc1C. The number of anilines is 2. The van der Waals surface area contributed by atoms with Crippen molar-refractivity contribution >= 4 is 44.8 Å². The molecule has 0 unspecified atom stereocenters. The number of rotatable bonds is 2. The van der Waals surface area contributed by atoms with Gasteiger partial charge < -0.3 is 11.1 Å². The van der Waals surface area contributed by atoms with E-state index in [4.69, 9.17) is 17.3 Å². The molecule has 0 bridgehead atoms. The first kappa shape index (κ1) is 14.9. The van der Waals surface area contributed by atoms with Crippen LogP contribution in [0, 0.1) is 13.8 Å². The summed E-state index contributed by atoms with van der Waals surface area (Å²) in [5.41, 5.74) is 9.77. The van der Waals surface area contributed by atoms with Crippen LogP contribution in [0.2, 0.25) is 5.02 Å². The highest BCUT2D eigenvalue weighted by Crippen LogP contribution is 2.26. The Hall–Kier alpha value is -1.52. The second-order valence-electron chi connectivity index (χ2n) is 4.61. The van der Waals surface area contributed by atoms with Gasteiger partial charge in [0.1, 0.15) is 0 Å². The number of nitrogens with one attached hydrogen (secondary N) is 1. The zero-order valence-electron chi connectivity index (χ0n) is 11.1. The van der Waals surface area contributed by atoms with Gasteiger partial charge in [-0.3, -0.25) is 4.79 Å². The quantitative estimate of drug-likeness (QED) is 0.778. The van der Waals surface area contributed by atoms with E-state index in [9.17, 15) is 4.79 Å². The van der Waals surface area contributed by atoms with Gasteiger partial charge in [0.15, 0.2) is 0 Å². The highest BCUT2D eigenvalue weighted by molar-refractivity contribution is 9.10. The van der Waals surface area contributed by atoms with Gasteiger partial charge in [0.05, 0.1) is 16.4 Å². The lowest BCUT2D eigenvalue weighted by Gasteiger charge is -2.11.